The number of nitrogens with zero attached hydrogens (tertiary/aromatic N) is 1. The third-order valence-electron chi connectivity index (χ3n) is 3.21. The Bertz CT molecular complexity index is 678. The molecule has 0 bridgehead atoms. The predicted octanol–water partition coefficient (Wildman–Crippen LogP) is 3.98. The molecule has 1 aromatic heterocycles. The highest BCUT2D eigenvalue weighted by Gasteiger charge is 2.29. The average Bonchev–Trinajstić information content (AvgIpc) is 3.04. The molecule has 2 amide bonds. The molecule has 24 heavy (non-hydrogen) atoms. The zero-order valence-corrected chi connectivity index (χ0v) is 15.1. The fourth-order valence-electron chi connectivity index (χ4n) is 2.11. The number of hydrogen-bond donors (Lipinski definition) is 1. The van der Waals surface area contributed by atoms with Gasteiger partial charge in [0.1, 0.15) is 11.6 Å². The molecule has 1 aromatic carbocycles. The molecule has 0 aliphatic rings. The van der Waals surface area contributed by atoms with Gasteiger partial charge in [-0.15, -0.1) is 11.3 Å². The number of ether oxygens (including phenoxy) is 1. The third-order valence-corrected chi connectivity index (χ3v) is 4.15. The second-order valence-electron chi connectivity index (χ2n) is 6.33. The highest BCUT2D eigenvalue weighted by molar-refractivity contribution is 7.10. The van der Waals surface area contributed by atoms with Crippen LogP contribution in [0.1, 0.15) is 31.7 Å². The SMILES string of the molecule is CN(C(=O)C(NC(=O)OC(C)(C)C)c1cccs1)c1ccccc1. The molecular weight excluding hydrogens is 324 g/mol. The second-order valence-corrected chi connectivity index (χ2v) is 7.31. The minimum absolute atomic E-state index is 0.227. The summed E-state index contributed by atoms with van der Waals surface area (Å²) in [5.41, 5.74) is 0.133. The average molecular weight is 346 g/mol. The van der Waals surface area contributed by atoms with Gasteiger partial charge in [0.05, 0.1) is 0 Å². The van der Waals surface area contributed by atoms with Crippen molar-refractivity contribution in [1.82, 2.24) is 5.32 Å². The van der Waals surface area contributed by atoms with Crippen LogP contribution < -0.4 is 10.2 Å². The number of thiophene rings is 1. The maximum Gasteiger partial charge on any atom is 0.408 e. The minimum Gasteiger partial charge on any atom is -0.444 e. The number of hydrogen-bond acceptors (Lipinski definition) is 4. The fraction of sp³-hybridized carbons (Fsp3) is 0.333. The van der Waals surface area contributed by atoms with E-state index in [0.29, 0.717) is 0 Å². The highest BCUT2D eigenvalue weighted by Crippen LogP contribution is 2.24. The normalized spacial score (nSPS) is 12.3. The van der Waals surface area contributed by atoms with Crippen LogP contribution in [0.4, 0.5) is 10.5 Å². The van der Waals surface area contributed by atoms with E-state index < -0.39 is 17.7 Å². The van der Waals surface area contributed by atoms with E-state index in [2.05, 4.69) is 5.32 Å². The number of carbonyl (C=O) groups is 2. The van der Waals surface area contributed by atoms with Crippen LogP contribution in [-0.4, -0.2) is 24.6 Å². The Hall–Kier alpha value is -2.34. The van der Waals surface area contributed by atoms with E-state index in [0.717, 1.165) is 10.6 Å². The zero-order chi connectivity index (χ0) is 17.7. The van der Waals surface area contributed by atoms with E-state index in [1.165, 1.54) is 16.2 Å². The van der Waals surface area contributed by atoms with Gasteiger partial charge in [-0.1, -0.05) is 24.3 Å². The summed E-state index contributed by atoms with van der Waals surface area (Å²) < 4.78 is 5.29. The molecule has 0 aliphatic heterocycles. The topological polar surface area (TPSA) is 58.6 Å². The van der Waals surface area contributed by atoms with Gasteiger partial charge in [-0.3, -0.25) is 4.79 Å². The van der Waals surface area contributed by atoms with Crippen molar-refractivity contribution >= 4 is 29.0 Å². The predicted molar refractivity (Wildman–Crippen MR) is 96.3 cm³/mol. The number of nitrogens with one attached hydrogen (secondary N) is 1. The molecule has 1 heterocycles. The van der Waals surface area contributed by atoms with Crippen molar-refractivity contribution in [3.63, 3.8) is 0 Å². The van der Waals surface area contributed by atoms with Crippen LogP contribution in [-0.2, 0) is 9.53 Å². The molecule has 1 atom stereocenters. The Balaban J connectivity index is 2.20. The van der Waals surface area contributed by atoms with E-state index in [4.69, 9.17) is 4.74 Å². The first-order chi connectivity index (χ1) is 11.3. The Morgan fingerprint density at radius 2 is 1.79 bits per heavy atom. The van der Waals surface area contributed by atoms with Crippen LogP contribution in [0, 0.1) is 0 Å². The fourth-order valence-corrected chi connectivity index (χ4v) is 2.88. The van der Waals surface area contributed by atoms with Gasteiger partial charge in [-0.25, -0.2) is 4.79 Å². The van der Waals surface area contributed by atoms with E-state index in [-0.39, 0.29) is 5.91 Å². The van der Waals surface area contributed by atoms with Crippen LogP contribution in [0.5, 0.6) is 0 Å². The van der Waals surface area contributed by atoms with E-state index in [1.807, 2.05) is 47.8 Å². The Morgan fingerprint density at radius 3 is 2.33 bits per heavy atom. The van der Waals surface area contributed by atoms with Crippen molar-refractivity contribution in [2.24, 2.45) is 0 Å². The van der Waals surface area contributed by atoms with E-state index in [1.54, 1.807) is 27.8 Å². The lowest BCUT2D eigenvalue weighted by atomic mass is 10.2. The van der Waals surface area contributed by atoms with Gasteiger partial charge in [-0.2, -0.15) is 0 Å². The summed E-state index contributed by atoms with van der Waals surface area (Å²) in [7, 11) is 1.69. The van der Waals surface area contributed by atoms with Crippen LogP contribution in [0.2, 0.25) is 0 Å². The Labute approximate surface area is 146 Å². The van der Waals surface area contributed by atoms with Gasteiger partial charge in [0, 0.05) is 17.6 Å². The van der Waals surface area contributed by atoms with Crippen molar-refractivity contribution in [3.05, 3.63) is 52.7 Å². The summed E-state index contributed by atoms with van der Waals surface area (Å²) in [4.78, 5) is 27.3. The summed E-state index contributed by atoms with van der Waals surface area (Å²) in [6, 6.07) is 12.2. The molecule has 128 valence electrons. The van der Waals surface area contributed by atoms with Gasteiger partial charge in [-0.05, 0) is 44.4 Å². The van der Waals surface area contributed by atoms with Crippen molar-refractivity contribution in [1.29, 1.82) is 0 Å². The number of benzene rings is 1. The van der Waals surface area contributed by atoms with Gasteiger partial charge in [0.2, 0.25) is 0 Å². The quantitative estimate of drug-likeness (QED) is 0.911. The summed E-state index contributed by atoms with van der Waals surface area (Å²) in [5.74, 6) is -0.227. The van der Waals surface area contributed by atoms with Gasteiger partial charge < -0.3 is 15.0 Å². The molecule has 0 fully saturated rings. The van der Waals surface area contributed by atoms with E-state index in [9.17, 15) is 9.59 Å². The molecule has 1 N–H and O–H groups in total. The number of likely N-dealkylation sites (N-methyl/N-ethyl adjacent to an activating group) is 1. The first-order valence-electron chi connectivity index (χ1n) is 7.63. The lowest BCUT2D eigenvalue weighted by Gasteiger charge is -2.26. The second kappa shape index (κ2) is 7.49. The van der Waals surface area contributed by atoms with Crippen LogP contribution in [0.3, 0.4) is 0 Å². The van der Waals surface area contributed by atoms with Gasteiger partial charge in [0.15, 0.2) is 0 Å². The van der Waals surface area contributed by atoms with Crippen molar-refractivity contribution in [2.75, 3.05) is 11.9 Å². The monoisotopic (exact) mass is 346 g/mol. The van der Waals surface area contributed by atoms with Crippen molar-refractivity contribution < 1.29 is 14.3 Å². The first kappa shape index (κ1) is 18.0. The zero-order valence-electron chi connectivity index (χ0n) is 14.3. The lowest BCUT2D eigenvalue weighted by molar-refractivity contribution is -0.120. The molecule has 0 saturated heterocycles. The molecule has 0 aliphatic carbocycles. The molecule has 0 spiro atoms. The Morgan fingerprint density at radius 1 is 1.12 bits per heavy atom. The highest BCUT2D eigenvalue weighted by atomic mass is 32.1. The molecule has 2 aromatic rings. The number of rotatable bonds is 4. The lowest BCUT2D eigenvalue weighted by Crippen LogP contribution is -2.43. The van der Waals surface area contributed by atoms with Gasteiger partial charge >= 0.3 is 6.09 Å². The standard InChI is InChI=1S/C18H22N2O3S/c1-18(2,3)23-17(22)19-15(14-11-8-12-24-14)16(21)20(4)13-9-6-5-7-10-13/h5-12,15H,1-4H3,(H,19,22). The molecule has 2 rings (SSSR count). The number of anilines is 1. The van der Waals surface area contributed by atoms with Gasteiger partial charge in [0.25, 0.3) is 5.91 Å². The smallest absolute Gasteiger partial charge is 0.408 e. The third kappa shape index (κ3) is 4.83. The summed E-state index contributed by atoms with van der Waals surface area (Å²) in [6.07, 6.45) is -0.615. The first-order valence-corrected chi connectivity index (χ1v) is 8.51. The molecule has 0 radical (unpaired) electrons. The van der Waals surface area contributed by atoms with Crippen LogP contribution in [0.25, 0.3) is 0 Å². The Kier molecular flexibility index (Phi) is 5.62. The maximum absolute atomic E-state index is 12.9. The number of amides is 2. The number of para-hydroxylation sites is 1. The molecule has 1 unspecified atom stereocenters. The minimum atomic E-state index is -0.787. The molecule has 0 saturated carbocycles. The van der Waals surface area contributed by atoms with Crippen molar-refractivity contribution in [3.8, 4) is 0 Å². The van der Waals surface area contributed by atoms with E-state index >= 15 is 0 Å². The largest absolute Gasteiger partial charge is 0.444 e. The van der Waals surface area contributed by atoms with Crippen LogP contribution in [0.15, 0.2) is 47.8 Å². The summed E-state index contributed by atoms with van der Waals surface area (Å²) in [6.45, 7) is 5.35. The molecule has 5 nitrogen and oxygen atoms in total. The summed E-state index contributed by atoms with van der Waals surface area (Å²) in [5, 5.41) is 4.55. The maximum atomic E-state index is 12.9. The van der Waals surface area contributed by atoms with Crippen LogP contribution >= 0.6 is 11.3 Å². The molecule has 6 heteroatoms. The van der Waals surface area contributed by atoms with Crippen molar-refractivity contribution in [2.45, 2.75) is 32.4 Å². The number of carbonyl (C=O) groups excluding carboxylic acids is 2. The number of alkyl carbamates (subject to hydrolysis) is 1. The molecular formula is C18H22N2O3S. The summed E-state index contributed by atoms with van der Waals surface area (Å²) >= 11 is 1.41.